The van der Waals surface area contributed by atoms with Gasteiger partial charge in [-0.25, -0.2) is 4.79 Å². The molecule has 21 heavy (non-hydrogen) atoms. The van der Waals surface area contributed by atoms with E-state index in [1.54, 1.807) is 6.08 Å². The van der Waals surface area contributed by atoms with Crippen molar-refractivity contribution in [1.29, 1.82) is 0 Å². The number of benzene rings is 1. The Hall–Kier alpha value is -1.48. The molecule has 0 aliphatic rings. The number of carboxylic acid groups (broad SMARTS) is 1. The first-order valence-electron chi connectivity index (χ1n) is 7.54. The molecule has 0 saturated heterocycles. The lowest BCUT2D eigenvalue weighted by Gasteiger charge is -2.26. The van der Waals surface area contributed by atoms with E-state index >= 15 is 0 Å². The van der Waals surface area contributed by atoms with Crippen LogP contribution in [0.15, 0.2) is 24.3 Å². The van der Waals surface area contributed by atoms with E-state index in [-0.39, 0.29) is 0 Å². The Morgan fingerprint density at radius 2 is 1.86 bits per heavy atom. The number of aliphatic carboxylic acids is 1. The largest absolute Gasteiger partial charge is 0.478 e. The van der Waals surface area contributed by atoms with E-state index in [9.17, 15) is 4.79 Å². The first-order valence-corrected chi connectivity index (χ1v) is 7.91. The van der Waals surface area contributed by atoms with E-state index in [2.05, 4.69) is 18.7 Å². The third-order valence-electron chi connectivity index (χ3n) is 3.29. The van der Waals surface area contributed by atoms with Crippen LogP contribution in [0.4, 0.5) is 5.69 Å². The van der Waals surface area contributed by atoms with Crippen LogP contribution in [-0.4, -0.2) is 24.2 Å². The predicted molar refractivity (Wildman–Crippen MR) is 90.2 cm³/mol. The summed E-state index contributed by atoms with van der Waals surface area (Å²) in [4.78, 5) is 12.9. The van der Waals surface area contributed by atoms with Crippen LogP contribution in [0.25, 0.3) is 6.08 Å². The Morgan fingerprint density at radius 1 is 1.24 bits per heavy atom. The van der Waals surface area contributed by atoms with Crippen LogP contribution in [0.5, 0.6) is 0 Å². The van der Waals surface area contributed by atoms with Gasteiger partial charge in [0, 0.05) is 19.2 Å². The Kier molecular flexibility index (Phi) is 7.91. The minimum atomic E-state index is -0.956. The van der Waals surface area contributed by atoms with Crippen LogP contribution in [-0.2, 0) is 4.79 Å². The average molecular weight is 310 g/mol. The van der Waals surface area contributed by atoms with Crippen molar-refractivity contribution in [3.05, 3.63) is 34.9 Å². The fraction of sp³-hybridized carbons (Fsp3) is 0.471. The summed E-state index contributed by atoms with van der Waals surface area (Å²) in [6.07, 6.45) is 7.26. The van der Waals surface area contributed by atoms with Crippen LogP contribution in [0.1, 0.15) is 45.1 Å². The zero-order valence-corrected chi connectivity index (χ0v) is 13.6. The molecule has 0 fully saturated rings. The molecule has 1 aromatic carbocycles. The van der Waals surface area contributed by atoms with Crippen molar-refractivity contribution in [3.8, 4) is 0 Å². The third kappa shape index (κ3) is 6.21. The molecule has 0 aliphatic heterocycles. The highest BCUT2D eigenvalue weighted by atomic mass is 35.5. The topological polar surface area (TPSA) is 40.5 Å². The van der Waals surface area contributed by atoms with Gasteiger partial charge in [0.05, 0.1) is 10.7 Å². The maximum Gasteiger partial charge on any atom is 0.328 e. The second kappa shape index (κ2) is 9.46. The second-order valence-electron chi connectivity index (χ2n) is 5.08. The summed E-state index contributed by atoms with van der Waals surface area (Å²) in [6.45, 7) is 6.36. The summed E-state index contributed by atoms with van der Waals surface area (Å²) in [5.41, 5.74) is 1.84. The van der Waals surface area contributed by atoms with Gasteiger partial charge in [-0.2, -0.15) is 0 Å². The smallest absolute Gasteiger partial charge is 0.328 e. The lowest BCUT2D eigenvalue weighted by Crippen LogP contribution is -2.25. The SMILES string of the molecule is CCCCN(CCCC)c1ccc(/C=C/C(=O)O)cc1Cl. The molecule has 0 aromatic heterocycles. The Morgan fingerprint density at radius 3 is 2.33 bits per heavy atom. The molecule has 0 amide bonds. The molecule has 0 heterocycles. The number of nitrogens with zero attached hydrogens (tertiary/aromatic N) is 1. The zero-order valence-electron chi connectivity index (χ0n) is 12.8. The van der Waals surface area contributed by atoms with Gasteiger partial charge in [-0.15, -0.1) is 0 Å². The van der Waals surface area contributed by atoms with Gasteiger partial charge in [-0.3, -0.25) is 0 Å². The highest BCUT2D eigenvalue weighted by Gasteiger charge is 2.10. The molecule has 1 aromatic rings. The van der Waals surface area contributed by atoms with E-state index in [0.717, 1.165) is 56.1 Å². The van der Waals surface area contributed by atoms with E-state index in [1.807, 2.05) is 18.2 Å². The number of hydrogen-bond acceptors (Lipinski definition) is 2. The Bertz CT molecular complexity index is 478. The molecule has 0 spiro atoms. The molecule has 0 aliphatic carbocycles. The normalized spacial score (nSPS) is 11.0. The number of halogens is 1. The first kappa shape index (κ1) is 17.6. The highest BCUT2D eigenvalue weighted by molar-refractivity contribution is 6.33. The first-order chi connectivity index (χ1) is 10.1. The van der Waals surface area contributed by atoms with Crippen molar-refractivity contribution in [3.63, 3.8) is 0 Å². The predicted octanol–water partition coefficient (Wildman–Crippen LogP) is 4.84. The zero-order chi connectivity index (χ0) is 15.7. The number of hydrogen-bond donors (Lipinski definition) is 1. The fourth-order valence-corrected chi connectivity index (χ4v) is 2.41. The molecule has 0 saturated carbocycles. The second-order valence-corrected chi connectivity index (χ2v) is 5.48. The molecule has 4 heteroatoms. The lowest BCUT2D eigenvalue weighted by atomic mass is 10.1. The van der Waals surface area contributed by atoms with Gasteiger partial charge in [-0.05, 0) is 36.6 Å². The van der Waals surface area contributed by atoms with Crippen LogP contribution in [0.2, 0.25) is 5.02 Å². The molecule has 116 valence electrons. The minimum absolute atomic E-state index is 0.676. The van der Waals surface area contributed by atoms with Gasteiger partial charge in [0.25, 0.3) is 0 Å². The minimum Gasteiger partial charge on any atom is -0.478 e. The molecule has 0 bridgehead atoms. The molecule has 0 unspecified atom stereocenters. The van der Waals surface area contributed by atoms with E-state index in [0.29, 0.717) is 5.02 Å². The summed E-state index contributed by atoms with van der Waals surface area (Å²) >= 11 is 6.37. The summed E-state index contributed by atoms with van der Waals surface area (Å²) in [5.74, 6) is -0.956. The monoisotopic (exact) mass is 309 g/mol. The van der Waals surface area contributed by atoms with E-state index < -0.39 is 5.97 Å². The lowest BCUT2D eigenvalue weighted by molar-refractivity contribution is -0.131. The summed E-state index contributed by atoms with van der Waals surface area (Å²) in [5, 5.41) is 9.33. The van der Waals surface area contributed by atoms with Crippen molar-refractivity contribution in [2.45, 2.75) is 39.5 Å². The van der Waals surface area contributed by atoms with Crippen molar-refractivity contribution < 1.29 is 9.90 Å². The maximum absolute atomic E-state index is 10.5. The summed E-state index contributed by atoms with van der Waals surface area (Å²) < 4.78 is 0. The molecule has 3 nitrogen and oxygen atoms in total. The summed E-state index contributed by atoms with van der Waals surface area (Å²) in [7, 11) is 0. The van der Waals surface area contributed by atoms with Gasteiger partial charge in [0.1, 0.15) is 0 Å². The Labute approximate surface area is 132 Å². The van der Waals surface area contributed by atoms with Crippen LogP contribution < -0.4 is 4.90 Å². The number of anilines is 1. The van der Waals surface area contributed by atoms with Gasteiger partial charge < -0.3 is 10.0 Å². The summed E-state index contributed by atoms with van der Waals surface area (Å²) in [6, 6.07) is 5.71. The molecule has 0 atom stereocenters. The van der Waals surface area contributed by atoms with Crippen LogP contribution in [0.3, 0.4) is 0 Å². The molecular weight excluding hydrogens is 286 g/mol. The third-order valence-corrected chi connectivity index (χ3v) is 3.60. The van der Waals surface area contributed by atoms with Gasteiger partial charge >= 0.3 is 5.97 Å². The van der Waals surface area contributed by atoms with Crippen molar-refractivity contribution in [2.75, 3.05) is 18.0 Å². The quantitative estimate of drug-likeness (QED) is 0.663. The van der Waals surface area contributed by atoms with Gasteiger partial charge in [0.2, 0.25) is 0 Å². The number of carboxylic acids is 1. The highest BCUT2D eigenvalue weighted by Crippen LogP contribution is 2.28. The van der Waals surface area contributed by atoms with E-state index in [4.69, 9.17) is 16.7 Å². The molecular formula is C17H24ClNO2. The van der Waals surface area contributed by atoms with Gasteiger partial charge in [-0.1, -0.05) is 44.4 Å². The van der Waals surface area contributed by atoms with E-state index in [1.165, 1.54) is 0 Å². The van der Waals surface area contributed by atoms with Crippen LogP contribution >= 0.6 is 11.6 Å². The maximum atomic E-state index is 10.5. The molecule has 1 N–H and O–H groups in total. The number of rotatable bonds is 9. The fourth-order valence-electron chi connectivity index (χ4n) is 2.10. The number of unbranched alkanes of at least 4 members (excludes halogenated alkanes) is 2. The molecule has 0 radical (unpaired) electrons. The Balaban J connectivity index is 2.89. The van der Waals surface area contributed by atoms with Crippen molar-refractivity contribution in [1.82, 2.24) is 0 Å². The average Bonchev–Trinajstić information content (AvgIpc) is 2.46. The van der Waals surface area contributed by atoms with Crippen molar-refractivity contribution >= 4 is 29.3 Å². The van der Waals surface area contributed by atoms with Gasteiger partial charge in [0.15, 0.2) is 0 Å². The number of carbonyl (C=O) groups is 1. The standard InChI is InChI=1S/C17H24ClNO2/c1-3-5-11-19(12-6-4-2)16-9-7-14(13-15(16)18)8-10-17(20)21/h7-10,13H,3-6,11-12H2,1-2H3,(H,20,21)/b10-8+. The van der Waals surface area contributed by atoms with Crippen LogP contribution in [0, 0.1) is 0 Å². The molecule has 1 rings (SSSR count). The van der Waals surface area contributed by atoms with Crippen molar-refractivity contribution in [2.24, 2.45) is 0 Å².